The Hall–Kier alpha value is -3.61. The van der Waals surface area contributed by atoms with Crippen LogP contribution in [0.1, 0.15) is 12.0 Å². The predicted octanol–water partition coefficient (Wildman–Crippen LogP) is 7.55. The quantitative estimate of drug-likeness (QED) is 0.161. The second kappa shape index (κ2) is 11.3. The Kier molecular flexibility index (Phi) is 7.62. The van der Waals surface area contributed by atoms with E-state index in [0.717, 1.165) is 77.1 Å². The number of thiazole rings is 1. The fraction of sp³-hybridized carbons (Fsp3) is 0.276. The van der Waals surface area contributed by atoms with Gasteiger partial charge in [-0.25, -0.2) is 4.98 Å². The summed E-state index contributed by atoms with van der Waals surface area (Å²) in [7, 11) is 0. The van der Waals surface area contributed by atoms with Crippen molar-refractivity contribution in [1.82, 2.24) is 9.88 Å². The zero-order valence-corrected chi connectivity index (χ0v) is 23.5. The van der Waals surface area contributed by atoms with Gasteiger partial charge >= 0.3 is 6.18 Å². The summed E-state index contributed by atoms with van der Waals surface area (Å²) in [6.45, 7) is 4.78. The van der Waals surface area contributed by atoms with Gasteiger partial charge in [0.15, 0.2) is 5.13 Å². The fourth-order valence-electron chi connectivity index (χ4n) is 5.18. The Morgan fingerprint density at radius 2 is 1.68 bits per heavy atom. The third-order valence-electron chi connectivity index (χ3n) is 7.30. The molecule has 0 saturated carbocycles. The van der Waals surface area contributed by atoms with Gasteiger partial charge in [0.1, 0.15) is 0 Å². The number of hydrogen-bond acceptors (Lipinski definition) is 8. The largest absolute Gasteiger partial charge is 0.416 e. The van der Waals surface area contributed by atoms with Gasteiger partial charge in [0, 0.05) is 65.6 Å². The van der Waals surface area contributed by atoms with Crippen LogP contribution in [0.4, 0.5) is 35.4 Å². The molecule has 2 aliphatic rings. The maximum absolute atomic E-state index is 13.5. The second-order valence-electron chi connectivity index (χ2n) is 9.91. The summed E-state index contributed by atoms with van der Waals surface area (Å²) >= 11 is 3.04. The van der Waals surface area contributed by atoms with Gasteiger partial charge in [-0.05, 0) is 43.3 Å². The lowest BCUT2D eigenvalue weighted by atomic mass is 10.1. The zero-order valence-electron chi connectivity index (χ0n) is 21.9. The molecule has 12 heteroatoms. The van der Waals surface area contributed by atoms with Crippen molar-refractivity contribution in [3.05, 3.63) is 87.8 Å². The van der Waals surface area contributed by atoms with Crippen LogP contribution in [0.3, 0.4) is 0 Å². The fourth-order valence-corrected chi connectivity index (χ4v) is 7.15. The van der Waals surface area contributed by atoms with Gasteiger partial charge in [-0.3, -0.25) is 15.0 Å². The van der Waals surface area contributed by atoms with E-state index in [1.807, 2.05) is 40.6 Å². The molecule has 3 heterocycles. The molecule has 0 bridgehead atoms. The first-order chi connectivity index (χ1) is 19.8. The molecule has 0 amide bonds. The summed E-state index contributed by atoms with van der Waals surface area (Å²) in [5, 5.41) is 13.9. The molecule has 41 heavy (non-hydrogen) atoms. The number of aromatic nitrogens is 1. The van der Waals surface area contributed by atoms with Crippen molar-refractivity contribution in [2.45, 2.75) is 22.4 Å². The monoisotopic (exact) mass is 597 g/mol. The van der Waals surface area contributed by atoms with Crippen molar-refractivity contribution >= 4 is 45.3 Å². The zero-order chi connectivity index (χ0) is 28.6. The highest BCUT2D eigenvalue weighted by molar-refractivity contribution is 7.99. The Morgan fingerprint density at radius 1 is 0.902 bits per heavy atom. The van der Waals surface area contributed by atoms with Gasteiger partial charge < -0.3 is 9.80 Å². The first kappa shape index (κ1) is 27.6. The van der Waals surface area contributed by atoms with Gasteiger partial charge in [-0.2, -0.15) is 13.2 Å². The van der Waals surface area contributed by atoms with E-state index in [-0.39, 0.29) is 5.69 Å². The molecule has 1 saturated heterocycles. The highest BCUT2D eigenvalue weighted by Crippen LogP contribution is 2.49. The van der Waals surface area contributed by atoms with Crippen molar-refractivity contribution in [2.24, 2.45) is 0 Å². The minimum absolute atomic E-state index is 0.0433. The molecule has 6 rings (SSSR count). The maximum Gasteiger partial charge on any atom is 0.416 e. The summed E-state index contributed by atoms with van der Waals surface area (Å²) < 4.78 is 40.5. The highest BCUT2D eigenvalue weighted by Gasteiger charge is 2.33. The van der Waals surface area contributed by atoms with Crippen molar-refractivity contribution in [3.63, 3.8) is 0 Å². The number of nitro groups is 1. The molecular formula is C29H26F3N5O2S2. The number of nitro benzene ring substituents is 1. The van der Waals surface area contributed by atoms with Crippen LogP contribution in [0, 0.1) is 10.1 Å². The molecule has 7 nitrogen and oxygen atoms in total. The smallest absolute Gasteiger partial charge is 0.346 e. The number of non-ortho nitro benzene ring substituents is 1. The van der Waals surface area contributed by atoms with Crippen molar-refractivity contribution < 1.29 is 18.1 Å². The number of hydrogen-bond donors (Lipinski definition) is 0. The van der Waals surface area contributed by atoms with Crippen molar-refractivity contribution in [2.75, 3.05) is 49.1 Å². The molecule has 0 N–H and O–H groups in total. The lowest BCUT2D eigenvalue weighted by Crippen LogP contribution is -2.47. The van der Waals surface area contributed by atoms with Gasteiger partial charge in [-0.15, -0.1) is 11.3 Å². The summed E-state index contributed by atoms with van der Waals surface area (Å²) in [6, 6.07) is 18.4. The molecule has 1 aromatic heterocycles. The number of halogens is 3. The predicted molar refractivity (Wildman–Crippen MR) is 156 cm³/mol. The normalized spacial score (nSPS) is 15.5. The average Bonchev–Trinajstić information content (AvgIpc) is 3.47. The Morgan fingerprint density at radius 3 is 2.46 bits per heavy atom. The molecule has 0 unspecified atom stereocenters. The van der Waals surface area contributed by atoms with Gasteiger partial charge in [-0.1, -0.05) is 36.0 Å². The highest BCUT2D eigenvalue weighted by atomic mass is 32.2. The van der Waals surface area contributed by atoms with Crippen molar-refractivity contribution in [1.29, 1.82) is 0 Å². The van der Waals surface area contributed by atoms with E-state index in [2.05, 4.69) is 9.80 Å². The maximum atomic E-state index is 13.5. The number of rotatable bonds is 7. The Bertz CT molecular complexity index is 1570. The lowest BCUT2D eigenvalue weighted by molar-refractivity contribution is -0.384. The molecule has 4 aromatic rings. The molecule has 1 fully saturated rings. The van der Waals surface area contributed by atoms with Crippen LogP contribution in [0.25, 0.3) is 11.3 Å². The minimum atomic E-state index is -4.39. The van der Waals surface area contributed by atoms with E-state index < -0.39 is 16.7 Å². The Labute approximate surface area is 243 Å². The van der Waals surface area contributed by atoms with Crippen molar-refractivity contribution in [3.8, 4) is 11.3 Å². The topological polar surface area (TPSA) is 65.8 Å². The first-order valence-corrected chi connectivity index (χ1v) is 14.9. The van der Waals surface area contributed by atoms with E-state index in [0.29, 0.717) is 12.2 Å². The third-order valence-corrected chi connectivity index (χ3v) is 9.33. The average molecular weight is 598 g/mol. The molecule has 2 aliphatic heterocycles. The molecule has 0 radical (unpaired) electrons. The first-order valence-electron chi connectivity index (χ1n) is 13.2. The van der Waals surface area contributed by atoms with E-state index in [1.165, 1.54) is 35.2 Å². The van der Waals surface area contributed by atoms with E-state index in [1.54, 1.807) is 18.2 Å². The lowest BCUT2D eigenvalue weighted by Gasteiger charge is -2.36. The molecule has 0 spiro atoms. The summed E-state index contributed by atoms with van der Waals surface area (Å²) in [4.78, 5) is 24.0. The van der Waals surface area contributed by atoms with Crippen LogP contribution >= 0.6 is 23.1 Å². The third kappa shape index (κ3) is 5.90. The van der Waals surface area contributed by atoms with Crippen LogP contribution in [0.15, 0.2) is 81.9 Å². The summed E-state index contributed by atoms with van der Waals surface area (Å²) in [5.41, 5.74) is 2.41. The van der Waals surface area contributed by atoms with Gasteiger partial charge in [0.2, 0.25) is 0 Å². The standard InChI is InChI=1S/C29H26F3N5O2S2/c30-29(31,32)21-9-10-27-25(18-21)36(24-7-1-2-8-26(24)41-27)12-4-11-34-13-15-35(16-14-34)28-33-23(19-40-28)20-5-3-6-22(17-20)37(38)39/h1-3,5-10,17-19H,4,11-16H2. The number of anilines is 3. The molecule has 3 aromatic carbocycles. The number of para-hydroxylation sites is 1. The number of alkyl halides is 3. The van der Waals surface area contributed by atoms with Crippen LogP contribution in [0.5, 0.6) is 0 Å². The van der Waals surface area contributed by atoms with Crippen LogP contribution in [-0.2, 0) is 6.18 Å². The van der Waals surface area contributed by atoms with Crippen LogP contribution in [-0.4, -0.2) is 54.1 Å². The van der Waals surface area contributed by atoms with E-state index in [9.17, 15) is 23.3 Å². The second-order valence-corrected chi connectivity index (χ2v) is 11.8. The number of fused-ring (bicyclic) bond motifs is 2. The minimum Gasteiger partial charge on any atom is -0.346 e. The molecule has 0 atom stereocenters. The Balaban J connectivity index is 1.07. The number of piperazine rings is 1. The summed E-state index contributed by atoms with van der Waals surface area (Å²) in [6.07, 6.45) is -3.58. The van der Waals surface area contributed by atoms with Crippen LogP contribution < -0.4 is 9.80 Å². The molecular weight excluding hydrogens is 571 g/mol. The van der Waals surface area contributed by atoms with Crippen LogP contribution in [0.2, 0.25) is 0 Å². The number of benzene rings is 3. The summed E-state index contributed by atoms with van der Waals surface area (Å²) in [5.74, 6) is 0. The molecule has 212 valence electrons. The van der Waals surface area contributed by atoms with Gasteiger partial charge in [0.05, 0.1) is 27.6 Å². The molecule has 0 aliphatic carbocycles. The van der Waals surface area contributed by atoms with Gasteiger partial charge in [0.25, 0.3) is 5.69 Å². The van der Waals surface area contributed by atoms with E-state index in [4.69, 9.17) is 4.98 Å². The SMILES string of the molecule is O=[N+]([O-])c1cccc(-c2csc(N3CCN(CCCN4c5ccccc5Sc5ccc(C(F)(F)F)cc54)CC3)n2)c1. The van der Waals surface area contributed by atoms with E-state index >= 15 is 0 Å². The number of nitrogens with zero attached hydrogens (tertiary/aromatic N) is 5.